The Hall–Kier alpha value is -1.19. The number of aromatic nitrogens is 1. The lowest BCUT2D eigenvalue weighted by Gasteiger charge is -2.17. The molecule has 1 unspecified atom stereocenters. The number of benzene rings is 1. The molecule has 0 radical (unpaired) electrons. The molecule has 0 N–H and O–H groups in total. The lowest BCUT2D eigenvalue weighted by Crippen LogP contribution is -2.24. The van der Waals surface area contributed by atoms with E-state index in [1.165, 1.54) is 11.5 Å². The van der Waals surface area contributed by atoms with E-state index in [0.717, 1.165) is 18.0 Å². The molecule has 0 spiro atoms. The highest BCUT2D eigenvalue weighted by Gasteiger charge is 2.28. The van der Waals surface area contributed by atoms with Gasteiger partial charge in [0.2, 0.25) is 0 Å². The maximum absolute atomic E-state index is 9.15. The molecule has 1 fully saturated rings. The number of ether oxygens (including phenoxy) is 1. The Morgan fingerprint density at radius 3 is 2.86 bits per heavy atom. The highest BCUT2D eigenvalue weighted by atomic mass is 35.5. The van der Waals surface area contributed by atoms with E-state index in [4.69, 9.17) is 44.8 Å². The van der Waals surface area contributed by atoms with Crippen molar-refractivity contribution in [2.75, 3.05) is 18.0 Å². The summed E-state index contributed by atoms with van der Waals surface area (Å²) in [4.78, 5) is 2.07. The molecular weight excluding hydrogens is 365 g/mol. The lowest BCUT2D eigenvalue weighted by molar-refractivity contribution is 0.225. The van der Waals surface area contributed by atoms with E-state index in [-0.39, 0.29) is 11.3 Å². The average molecular weight is 375 g/mol. The molecule has 0 bridgehead atoms. The molecule has 2 aromatic rings. The predicted octanol–water partition coefficient (Wildman–Crippen LogP) is 4.63. The molecule has 0 aliphatic carbocycles. The monoisotopic (exact) mass is 373 g/mol. The van der Waals surface area contributed by atoms with Crippen molar-refractivity contribution in [3.63, 3.8) is 0 Å². The number of nitrogens with zero attached hydrogens (tertiary/aromatic N) is 3. The fraction of sp³-hybridized carbons (Fsp3) is 0.286. The molecule has 4 nitrogen and oxygen atoms in total. The van der Waals surface area contributed by atoms with E-state index in [2.05, 4.69) is 15.3 Å². The van der Waals surface area contributed by atoms with Crippen LogP contribution in [0.5, 0.6) is 5.75 Å². The Bertz CT molecular complexity index is 743. The Balaban J connectivity index is 1.70. The van der Waals surface area contributed by atoms with Crippen LogP contribution in [0.25, 0.3) is 0 Å². The van der Waals surface area contributed by atoms with Crippen molar-refractivity contribution in [2.45, 2.75) is 12.5 Å². The minimum absolute atomic E-state index is 0.0182. The van der Waals surface area contributed by atoms with Gasteiger partial charge in [-0.25, -0.2) is 0 Å². The van der Waals surface area contributed by atoms with Crippen molar-refractivity contribution < 1.29 is 4.74 Å². The summed E-state index contributed by atoms with van der Waals surface area (Å²) < 4.78 is 9.96. The first-order valence-corrected chi connectivity index (χ1v) is 8.41. The van der Waals surface area contributed by atoms with E-state index in [1.807, 2.05) is 0 Å². The normalized spacial score (nSPS) is 17.5. The van der Waals surface area contributed by atoms with Crippen LogP contribution >= 0.6 is 46.3 Å². The number of halogens is 3. The summed E-state index contributed by atoms with van der Waals surface area (Å²) in [5.74, 6) is 0.684. The first-order chi connectivity index (χ1) is 10.6. The minimum Gasteiger partial charge on any atom is -0.488 e. The van der Waals surface area contributed by atoms with Crippen molar-refractivity contribution in [2.24, 2.45) is 0 Å². The zero-order valence-corrected chi connectivity index (χ0v) is 14.3. The van der Waals surface area contributed by atoms with Gasteiger partial charge in [0, 0.05) is 19.0 Å². The van der Waals surface area contributed by atoms with Crippen LogP contribution in [0.3, 0.4) is 0 Å². The van der Waals surface area contributed by atoms with Gasteiger partial charge in [-0.2, -0.15) is 9.64 Å². The zero-order valence-electron chi connectivity index (χ0n) is 11.2. The van der Waals surface area contributed by atoms with E-state index >= 15 is 0 Å². The minimum atomic E-state index is 0.0182. The Kier molecular flexibility index (Phi) is 4.65. The highest BCUT2D eigenvalue weighted by molar-refractivity contribution is 7.10. The first-order valence-electron chi connectivity index (χ1n) is 6.50. The second-order valence-electron chi connectivity index (χ2n) is 4.82. The quantitative estimate of drug-likeness (QED) is 0.785. The molecule has 1 aromatic heterocycles. The van der Waals surface area contributed by atoms with E-state index < -0.39 is 0 Å². The van der Waals surface area contributed by atoms with Crippen molar-refractivity contribution in [3.05, 3.63) is 39.0 Å². The summed E-state index contributed by atoms with van der Waals surface area (Å²) in [5.41, 5.74) is 0.432. The molecule has 0 amide bonds. The molecule has 1 aliphatic heterocycles. The molecule has 3 rings (SSSR count). The van der Waals surface area contributed by atoms with Crippen LogP contribution < -0.4 is 9.64 Å². The number of hydrogen-bond acceptors (Lipinski definition) is 5. The van der Waals surface area contributed by atoms with Crippen molar-refractivity contribution in [3.8, 4) is 11.8 Å². The van der Waals surface area contributed by atoms with Gasteiger partial charge < -0.3 is 9.64 Å². The SMILES string of the molecule is N#Cc1c(Cl)nsc1N1CCC(Oc2ccc(Cl)c(Cl)c2)C1. The fourth-order valence-electron chi connectivity index (χ4n) is 2.32. The molecule has 1 aromatic carbocycles. The largest absolute Gasteiger partial charge is 0.488 e. The van der Waals surface area contributed by atoms with E-state index in [9.17, 15) is 0 Å². The third kappa shape index (κ3) is 3.11. The number of hydrogen-bond donors (Lipinski definition) is 0. The van der Waals surface area contributed by atoms with Gasteiger partial charge in [-0.05, 0) is 23.7 Å². The van der Waals surface area contributed by atoms with Gasteiger partial charge in [0.15, 0.2) is 5.15 Å². The topological polar surface area (TPSA) is 49.2 Å². The molecule has 1 aliphatic rings. The molecule has 8 heteroatoms. The molecule has 2 heterocycles. The molecule has 114 valence electrons. The van der Waals surface area contributed by atoms with Gasteiger partial charge in [-0.1, -0.05) is 34.8 Å². The molecule has 1 atom stereocenters. The summed E-state index contributed by atoms with van der Waals surface area (Å²) in [7, 11) is 0. The summed E-state index contributed by atoms with van der Waals surface area (Å²) in [6.07, 6.45) is 0.866. The number of nitriles is 1. The van der Waals surface area contributed by atoms with E-state index in [0.29, 0.717) is 27.9 Å². The van der Waals surface area contributed by atoms with Crippen LogP contribution in [0.4, 0.5) is 5.00 Å². The van der Waals surface area contributed by atoms with Crippen LogP contribution in [-0.2, 0) is 0 Å². The molecule has 0 saturated carbocycles. The molecule has 1 saturated heterocycles. The second-order valence-corrected chi connectivity index (χ2v) is 6.74. The molecule has 22 heavy (non-hydrogen) atoms. The van der Waals surface area contributed by atoms with Crippen LogP contribution in [0, 0.1) is 11.3 Å². The van der Waals surface area contributed by atoms with Crippen molar-refractivity contribution in [1.82, 2.24) is 4.37 Å². The highest BCUT2D eigenvalue weighted by Crippen LogP contribution is 2.34. The third-order valence-corrected chi connectivity index (χ3v) is 5.39. The summed E-state index contributed by atoms with van der Waals surface area (Å²) in [5, 5.41) is 11.2. The van der Waals surface area contributed by atoms with Crippen molar-refractivity contribution >= 4 is 51.3 Å². The maximum Gasteiger partial charge on any atom is 0.162 e. The van der Waals surface area contributed by atoms with Crippen molar-refractivity contribution in [1.29, 1.82) is 5.26 Å². The predicted molar refractivity (Wildman–Crippen MR) is 89.5 cm³/mol. The maximum atomic E-state index is 9.15. The fourth-order valence-corrected chi connectivity index (χ4v) is 3.68. The summed E-state index contributed by atoms with van der Waals surface area (Å²) in [6, 6.07) is 7.31. The third-order valence-electron chi connectivity index (χ3n) is 3.37. The second kappa shape index (κ2) is 6.51. The van der Waals surface area contributed by atoms with Crippen LogP contribution in [-0.4, -0.2) is 23.6 Å². The Labute approximate surface area is 146 Å². The van der Waals surface area contributed by atoms with Gasteiger partial charge in [-0.15, -0.1) is 0 Å². The average Bonchev–Trinajstić information content (AvgIpc) is 3.09. The van der Waals surface area contributed by atoms with Gasteiger partial charge >= 0.3 is 0 Å². The Morgan fingerprint density at radius 1 is 1.32 bits per heavy atom. The van der Waals surface area contributed by atoms with E-state index in [1.54, 1.807) is 18.2 Å². The van der Waals surface area contributed by atoms with Gasteiger partial charge in [-0.3, -0.25) is 0 Å². The number of rotatable bonds is 3. The van der Waals surface area contributed by atoms with Gasteiger partial charge in [0.1, 0.15) is 28.5 Å². The first kappa shape index (κ1) is 15.7. The molecular formula is C14H10Cl3N3OS. The summed E-state index contributed by atoms with van der Waals surface area (Å²) in [6.45, 7) is 1.46. The lowest BCUT2D eigenvalue weighted by atomic mass is 10.3. The summed E-state index contributed by atoms with van der Waals surface area (Å²) >= 11 is 19.0. The standard InChI is InChI=1S/C14H10Cl3N3OS/c15-11-2-1-8(5-12(11)16)21-9-3-4-20(7-9)14-10(6-18)13(17)19-22-14/h1-2,5,9H,3-4,7H2. The van der Waals surface area contributed by atoms with Crippen LogP contribution in [0.1, 0.15) is 12.0 Å². The smallest absolute Gasteiger partial charge is 0.162 e. The van der Waals surface area contributed by atoms with Crippen LogP contribution in [0.15, 0.2) is 18.2 Å². The number of anilines is 1. The Morgan fingerprint density at radius 2 is 2.14 bits per heavy atom. The van der Waals surface area contributed by atoms with Gasteiger partial charge in [0.05, 0.1) is 16.6 Å². The zero-order chi connectivity index (χ0) is 15.7. The van der Waals surface area contributed by atoms with Crippen LogP contribution in [0.2, 0.25) is 15.2 Å². The van der Waals surface area contributed by atoms with Gasteiger partial charge in [0.25, 0.3) is 0 Å².